The summed E-state index contributed by atoms with van der Waals surface area (Å²) in [5.41, 5.74) is -0.356. The van der Waals surface area contributed by atoms with E-state index in [-0.39, 0.29) is 5.91 Å². The first-order chi connectivity index (χ1) is 11.9. The van der Waals surface area contributed by atoms with E-state index in [4.69, 9.17) is 0 Å². The van der Waals surface area contributed by atoms with Crippen molar-refractivity contribution >= 4 is 22.4 Å². The van der Waals surface area contributed by atoms with Crippen molar-refractivity contribution in [3.8, 4) is 11.8 Å². The minimum Gasteiger partial charge on any atom is -0.345 e. The van der Waals surface area contributed by atoms with Crippen LogP contribution in [0, 0.1) is 11.8 Å². The van der Waals surface area contributed by atoms with Crippen LogP contribution in [0.5, 0.6) is 0 Å². The van der Waals surface area contributed by atoms with Gasteiger partial charge in [-0.2, -0.15) is 13.2 Å². The fourth-order valence-electron chi connectivity index (χ4n) is 2.42. The normalized spacial score (nSPS) is 14.8. The van der Waals surface area contributed by atoms with Crippen LogP contribution in [-0.2, 0) is 11.0 Å². The fraction of sp³-hybridized carbons (Fsp3) is 0.294. The summed E-state index contributed by atoms with van der Waals surface area (Å²) in [6, 6.07) is 4.45. The third-order valence-electron chi connectivity index (χ3n) is 3.78. The van der Waals surface area contributed by atoms with E-state index < -0.39 is 11.7 Å². The highest BCUT2D eigenvalue weighted by Gasteiger charge is 2.29. The number of nitrogens with zero attached hydrogens (tertiary/aromatic N) is 3. The summed E-state index contributed by atoms with van der Waals surface area (Å²) in [5, 5.41) is 2.84. The molecule has 3 rings (SSSR count). The Bertz CT molecular complexity index is 783. The second-order valence-electron chi connectivity index (χ2n) is 5.42. The van der Waals surface area contributed by atoms with E-state index in [9.17, 15) is 18.0 Å². The number of amides is 1. The number of aromatic nitrogens is 1. The van der Waals surface area contributed by atoms with Crippen molar-refractivity contribution in [2.75, 3.05) is 31.1 Å². The van der Waals surface area contributed by atoms with Gasteiger partial charge in [0.2, 0.25) is 0 Å². The molecule has 0 atom stereocenters. The van der Waals surface area contributed by atoms with Crippen LogP contribution in [0.2, 0.25) is 0 Å². The van der Waals surface area contributed by atoms with Crippen molar-refractivity contribution in [2.45, 2.75) is 6.18 Å². The molecule has 1 amide bonds. The zero-order valence-corrected chi connectivity index (χ0v) is 13.9. The number of thiazole rings is 1. The SMILES string of the molecule is O=C(C#Cc1ccc(C(F)(F)F)cc1)N1CCN(c2nccs2)CC1. The van der Waals surface area contributed by atoms with Crippen molar-refractivity contribution in [3.05, 3.63) is 47.0 Å². The van der Waals surface area contributed by atoms with Crippen molar-refractivity contribution in [3.63, 3.8) is 0 Å². The van der Waals surface area contributed by atoms with Crippen LogP contribution in [0.4, 0.5) is 18.3 Å². The molecule has 1 aromatic heterocycles. The van der Waals surface area contributed by atoms with Gasteiger partial charge in [-0.3, -0.25) is 4.79 Å². The third-order valence-corrected chi connectivity index (χ3v) is 4.61. The number of benzene rings is 1. The first-order valence-corrected chi connectivity index (χ1v) is 8.44. The number of carbonyl (C=O) groups excluding carboxylic acids is 1. The van der Waals surface area contributed by atoms with E-state index in [0.717, 1.165) is 17.3 Å². The van der Waals surface area contributed by atoms with Gasteiger partial charge in [-0.05, 0) is 24.3 Å². The summed E-state index contributed by atoms with van der Waals surface area (Å²) in [4.78, 5) is 20.1. The molecule has 0 spiro atoms. The van der Waals surface area contributed by atoms with E-state index in [0.29, 0.717) is 31.7 Å². The lowest BCUT2D eigenvalue weighted by atomic mass is 10.1. The Hall–Kier alpha value is -2.53. The Morgan fingerprint density at radius 1 is 1.12 bits per heavy atom. The van der Waals surface area contributed by atoms with E-state index in [1.165, 1.54) is 12.1 Å². The zero-order chi connectivity index (χ0) is 17.9. The predicted octanol–water partition coefficient (Wildman–Crippen LogP) is 2.86. The van der Waals surface area contributed by atoms with E-state index in [2.05, 4.69) is 21.7 Å². The van der Waals surface area contributed by atoms with E-state index >= 15 is 0 Å². The summed E-state index contributed by atoms with van der Waals surface area (Å²) >= 11 is 1.55. The van der Waals surface area contributed by atoms with E-state index in [1.807, 2.05) is 5.38 Å². The summed E-state index contributed by atoms with van der Waals surface area (Å²) in [5.74, 6) is 4.81. The second-order valence-corrected chi connectivity index (χ2v) is 6.29. The van der Waals surface area contributed by atoms with Crippen LogP contribution in [0.3, 0.4) is 0 Å². The predicted molar refractivity (Wildman–Crippen MR) is 89.2 cm³/mol. The number of hydrogen-bond acceptors (Lipinski definition) is 4. The van der Waals surface area contributed by atoms with Crippen molar-refractivity contribution in [1.29, 1.82) is 0 Å². The van der Waals surface area contributed by atoms with Gasteiger partial charge < -0.3 is 9.80 Å². The molecule has 1 fully saturated rings. The summed E-state index contributed by atoms with van der Waals surface area (Å²) in [6.45, 7) is 2.45. The number of anilines is 1. The van der Waals surface area contributed by atoms with Gasteiger partial charge in [0.05, 0.1) is 5.56 Å². The Balaban J connectivity index is 1.57. The molecule has 0 saturated carbocycles. The molecule has 1 saturated heterocycles. The summed E-state index contributed by atoms with van der Waals surface area (Å²) in [6.07, 6.45) is -2.63. The highest BCUT2D eigenvalue weighted by molar-refractivity contribution is 7.13. The Morgan fingerprint density at radius 2 is 1.80 bits per heavy atom. The van der Waals surface area contributed by atoms with Crippen molar-refractivity contribution in [1.82, 2.24) is 9.88 Å². The maximum atomic E-state index is 12.5. The summed E-state index contributed by atoms with van der Waals surface area (Å²) < 4.78 is 37.5. The van der Waals surface area contributed by atoms with Gasteiger partial charge in [-0.1, -0.05) is 5.92 Å². The van der Waals surface area contributed by atoms with Gasteiger partial charge in [-0.25, -0.2) is 4.98 Å². The molecule has 1 aliphatic heterocycles. The molecule has 0 bridgehead atoms. The van der Waals surface area contributed by atoms with Crippen molar-refractivity contribution in [2.24, 2.45) is 0 Å². The number of rotatable bonds is 1. The molecular weight excluding hydrogens is 351 g/mol. The van der Waals surface area contributed by atoms with Crippen LogP contribution < -0.4 is 4.90 Å². The number of carbonyl (C=O) groups is 1. The topological polar surface area (TPSA) is 36.4 Å². The standard InChI is InChI=1S/C17H14F3N3OS/c18-17(19,20)14-4-1-13(2-5-14)3-6-15(24)22-8-10-23(11-9-22)16-21-7-12-25-16/h1-2,4-5,7,12H,8-11H2. The molecule has 2 aromatic rings. The van der Waals surface area contributed by atoms with Gasteiger partial charge >= 0.3 is 6.18 Å². The maximum absolute atomic E-state index is 12.5. The fourth-order valence-corrected chi connectivity index (χ4v) is 3.12. The highest BCUT2D eigenvalue weighted by Crippen LogP contribution is 2.28. The van der Waals surface area contributed by atoms with Gasteiger partial charge in [-0.15, -0.1) is 11.3 Å². The van der Waals surface area contributed by atoms with Gasteiger partial charge in [0, 0.05) is 49.2 Å². The van der Waals surface area contributed by atoms with Crippen LogP contribution in [0.25, 0.3) is 0 Å². The summed E-state index contributed by atoms with van der Waals surface area (Å²) in [7, 11) is 0. The molecule has 1 aromatic carbocycles. The molecule has 1 aliphatic rings. The lowest BCUT2D eigenvalue weighted by molar-refractivity contribution is -0.137. The molecule has 0 radical (unpaired) electrons. The van der Waals surface area contributed by atoms with Gasteiger partial charge in [0.15, 0.2) is 5.13 Å². The minimum atomic E-state index is -4.38. The smallest absolute Gasteiger partial charge is 0.345 e. The van der Waals surface area contributed by atoms with Crippen LogP contribution >= 0.6 is 11.3 Å². The number of piperazine rings is 1. The molecule has 0 N–H and O–H groups in total. The lowest BCUT2D eigenvalue weighted by Gasteiger charge is -2.33. The average Bonchev–Trinajstić information content (AvgIpc) is 3.14. The minimum absolute atomic E-state index is 0.321. The quantitative estimate of drug-likeness (QED) is 0.730. The first kappa shape index (κ1) is 17.3. The lowest BCUT2D eigenvalue weighted by Crippen LogP contribution is -2.48. The second kappa shape index (κ2) is 7.15. The zero-order valence-electron chi connectivity index (χ0n) is 13.1. The monoisotopic (exact) mass is 365 g/mol. The Morgan fingerprint density at radius 3 is 2.36 bits per heavy atom. The van der Waals surface area contributed by atoms with Gasteiger partial charge in [0.1, 0.15) is 0 Å². The highest BCUT2D eigenvalue weighted by atomic mass is 32.1. The van der Waals surface area contributed by atoms with Crippen LogP contribution in [0.1, 0.15) is 11.1 Å². The van der Waals surface area contributed by atoms with Gasteiger partial charge in [0.25, 0.3) is 5.91 Å². The molecule has 0 aliphatic carbocycles. The van der Waals surface area contributed by atoms with Crippen molar-refractivity contribution < 1.29 is 18.0 Å². The maximum Gasteiger partial charge on any atom is 0.416 e. The molecule has 25 heavy (non-hydrogen) atoms. The Kier molecular flexibility index (Phi) is 4.95. The van der Waals surface area contributed by atoms with Crippen LogP contribution in [-0.4, -0.2) is 42.0 Å². The molecule has 2 heterocycles. The molecule has 130 valence electrons. The molecular formula is C17H14F3N3OS. The molecule has 4 nitrogen and oxygen atoms in total. The molecule has 0 unspecified atom stereocenters. The van der Waals surface area contributed by atoms with Crippen LogP contribution in [0.15, 0.2) is 35.8 Å². The number of hydrogen-bond donors (Lipinski definition) is 0. The van der Waals surface area contributed by atoms with E-state index in [1.54, 1.807) is 22.4 Å². The Labute approximate surface area is 146 Å². The largest absolute Gasteiger partial charge is 0.416 e. The average molecular weight is 365 g/mol. The number of halogens is 3. The third kappa shape index (κ3) is 4.31. The first-order valence-electron chi connectivity index (χ1n) is 7.56. The molecule has 8 heteroatoms. The number of alkyl halides is 3.